The summed E-state index contributed by atoms with van der Waals surface area (Å²) in [5.41, 5.74) is 0.967. The number of pyridine rings is 1. The van der Waals surface area contributed by atoms with Gasteiger partial charge in [0.15, 0.2) is 5.69 Å². The van der Waals surface area contributed by atoms with E-state index in [9.17, 15) is 9.90 Å². The van der Waals surface area contributed by atoms with Crippen molar-refractivity contribution in [1.82, 2.24) is 20.0 Å². The number of aromatic carboxylic acids is 1. The second-order valence-electron chi connectivity index (χ2n) is 5.53. The summed E-state index contributed by atoms with van der Waals surface area (Å²) in [5.74, 6) is -1.02. The van der Waals surface area contributed by atoms with Crippen molar-refractivity contribution >= 4 is 14.0 Å². The molecular formula is C12H16N4O2Si. The number of rotatable bonds is 4. The van der Waals surface area contributed by atoms with Crippen molar-refractivity contribution in [1.29, 1.82) is 0 Å². The Balaban J connectivity index is 2.50. The van der Waals surface area contributed by atoms with Gasteiger partial charge in [0.25, 0.3) is 0 Å². The van der Waals surface area contributed by atoms with Crippen molar-refractivity contribution in [3.63, 3.8) is 0 Å². The van der Waals surface area contributed by atoms with Crippen molar-refractivity contribution in [3.8, 4) is 11.4 Å². The van der Waals surface area contributed by atoms with Gasteiger partial charge in [0.1, 0.15) is 5.69 Å². The van der Waals surface area contributed by atoms with Gasteiger partial charge >= 0.3 is 5.97 Å². The average Bonchev–Trinajstić information content (AvgIpc) is 2.71. The van der Waals surface area contributed by atoms with Crippen molar-refractivity contribution in [2.75, 3.05) is 0 Å². The fraction of sp³-hybridized carbons (Fsp3) is 0.333. The second-order valence-corrected chi connectivity index (χ2v) is 11.0. The average molecular weight is 276 g/mol. The predicted octanol–water partition coefficient (Wildman–Crippen LogP) is 1.92. The molecule has 2 aromatic rings. The van der Waals surface area contributed by atoms with Gasteiger partial charge in [-0.3, -0.25) is 4.98 Å². The summed E-state index contributed by atoms with van der Waals surface area (Å²) in [4.78, 5) is 15.6. The van der Waals surface area contributed by atoms with Crippen LogP contribution in [-0.2, 0) is 6.17 Å². The van der Waals surface area contributed by atoms with Gasteiger partial charge in [0.05, 0.1) is 13.8 Å². The number of aromatic nitrogens is 4. The van der Waals surface area contributed by atoms with E-state index in [2.05, 4.69) is 34.9 Å². The monoisotopic (exact) mass is 276 g/mol. The first-order chi connectivity index (χ1) is 8.88. The van der Waals surface area contributed by atoms with Crippen LogP contribution in [0.25, 0.3) is 11.4 Å². The Morgan fingerprint density at radius 1 is 1.37 bits per heavy atom. The molecule has 0 fully saturated rings. The molecule has 0 saturated carbocycles. The number of hydrogen-bond donors (Lipinski definition) is 1. The third-order valence-corrected chi connectivity index (χ3v) is 3.72. The van der Waals surface area contributed by atoms with Crippen molar-refractivity contribution in [2.24, 2.45) is 0 Å². The highest BCUT2D eigenvalue weighted by Crippen LogP contribution is 2.19. The topological polar surface area (TPSA) is 80.9 Å². The molecule has 100 valence electrons. The number of carboxylic acid groups (broad SMARTS) is 1. The molecular weight excluding hydrogens is 260 g/mol. The van der Waals surface area contributed by atoms with Crippen LogP contribution in [0.5, 0.6) is 0 Å². The third kappa shape index (κ3) is 3.05. The molecule has 19 heavy (non-hydrogen) atoms. The van der Waals surface area contributed by atoms with E-state index in [1.807, 2.05) is 0 Å². The molecule has 6 nitrogen and oxygen atoms in total. The molecule has 0 unspecified atom stereocenters. The number of nitrogens with zero attached hydrogens (tertiary/aromatic N) is 4. The third-order valence-electron chi connectivity index (χ3n) is 2.47. The maximum absolute atomic E-state index is 11.4. The molecule has 2 rings (SSSR count). The van der Waals surface area contributed by atoms with Crippen LogP contribution in [0.4, 0.5) is 0 Å². The molecule has 0 aliphatic rings. The van der Waals surface area contributed by atoms with E-state index in [4.69, 9.17) is 0 Å². The van der Waals surface area contributed by atoms with Crippen LogP contribution in [0.3, 0.4) is 0 Å². The number of carbonyl (C=O) groups is 1. The van der Waals surface area contributed by atoms with E-state index >= 15 is 0 Å². The molecule has 0 aliphatic heterocycles. The smallest absolute Gasteiger partial charge is 0.356 e. The van der Waals surface area contributed by atoms with Crippen LogP contribution >= 0.6 is 0 Å². The lowest BCUT2D eigenvalue weighted by molar-refractivity contribution is 0.0685. The van der Waals surface area contributed by atoms with Gasteiger partial charge in [-0.1, -0.05) is 30.9 Å². The van der Waals surface area contributed by atoms with Gasteiger partial charge in [-0.05, 0) is 12.1 Å². The van der Waals surface area contributed by atoms with Crippen LogP contribution in [-0.4, -0.2) is 39.1 Å². The Kier molecular flexibility index (Phi) is 3.48. The summed E-state index contributed by atoms with van der Waals surface area (Å²) in [6.07, 6.45) is 2.23. The standard InChI is InChI=1S/C12H16N4O2Si/c1-19(2,3)8-16-11(12(17)18)10(14-15-16)9-6-4-5-7-13-9/h4-7H,8H2,1-3H3,(H,17,18). The Hall–Kier alpha value is -2.02. The first-order valence-corrected chi connectivity index (χ1v) is 9.67. The van der Waals surface area contributed by atoms with Gasteiger partial charge in [0.2, 0.25) is 0 Å². The molecule has 2 heterocycles. The molecule has 0 saturated heterocycles. The molecule has 0 atom stereocenters. The maximum atomic E-state index is 11.4. The molecule has 0 radical (unpaired) electrons. The zero-order chi connectivity index (χ0) is 14.0. The molecule has 7 heteroatoms. The fourth-order valence-corrected chi connectivity index (χ4v) is 2.88. The van der Waals surface area contributed by atoms with Crippen LogP contribution in [0.2, 0.25) is 19.6 Å². The molecule has 0 bridgehead atoms. The summed E-state index contributed by atoms with van der Waals surface area (Å²) in [5, 5.41) is 17.3. The molecule has 0 aromatic carbocycles. The quantitative estimate of drug-likeness (QED) is 0.863. The summed E-state index contributed by atoms with van der Waals surface area (Å²) >= 11 is 0. The van der Waals surface area contributed by atoms with Crippen LogP contribution in [0.1, 0.15) is 10.5 Å². The van der Waals surface area contributed by atoms with Crippen molar-refractivity contribution in [2.45, 2.75) is 25.8 Å². The number of carboxylic acids is 1. The van der Waals surface area contributed by atoms with E-state index in [0.717, 1.165) is 0 Å². The minimum Gasteiger partial charge on any atom is -0.476 e. The molecule has 1 N–H and O–H groups in total. The molecule has 0 spiro atoms. The lowest BCUT2D eigenvalue weighted by Crippen LogP contribution is -2.30. The maximum Gasteiger partial charge on any atom is 0.356 e. The first-order valence-electron chi connectivity index (χ1n) is 5.97. The normalized spacial score (nSPS) is 11.5. The zero-order valence-electron chi connectivity index (χ0n) is 11.2. The first kappa shape index (κ1) is 13.4. The van der Waals surface area contributed by atoms with Crippen LogP contribution in [0, 0.1) is 0 Å². The highest BCUT2D eigenvalue weighted by atomic mass is 28.3. The number of hydrogen-bond acceptors (Lipinski definition) is 4. The van der Waals surface area contributed by atoms with E-state index < -0.39 is 14.0 Å². The van der Waals surface area contributed by atoms with E-state index in [1.54, 1.807) is 24.4 Å². The summed E-state index contributed by atoms with van der Waals surface area (Å²) in [6, 6.07) is 5.30. The Morgan fingerprint density at radius 3 is 2.63 bits per heavy atom. The van der Waals surface area contributed by atoms with E-state index in [0.29, 0.717) is 17.6 Å². The van der Waals surface area contributed by atoms with Gasteiger partial charge in [-0.2, -0.15) is 0 Å². The molecule has 2 aromatic heterocycles. The van der Waals surface area contributed by atoms with Crippen molar-refractivity contribution in [3.05, 3.63) is 30.1 Å². The van der Waals surface area contributed by atoms with Gasteiger partial charge in [0, 0.05) is 12.4 Å². The largest absolute Gasteiger partial charge is 0.476 e. The summed E-state index contributed by atoms with van der Waals surface area (Å²) < 4.78 is 1.48. The Bertz CT molecular complexity index is 590. The minimum atomic E-state index is -1.49. The predicted molar refractivity (Wildman–Crippen MR) is 73.6 cm³/mol. The minimum absolute atomic E-state index is 0.112. The fourth-order valence-electron chi connectivity index (χ4n) is 1.76. The molecule has 0 amide bonds. The Morgan fingerprint density at radius 2 is 2.11 bits per heavy atom. The zero-order valence-corrected chi connectivity index (χ0v) is 12.2. The summed E-state index contributed by atoms with van der Waals surface area (Å²) in [7, 11) is -1.49. The van der Waals surface area contributed by atoms with Crippen LogP contribution in [0.15, 0.2) is 24.4 Å². The SMILES string of the molecule is C[Si](C)(C)Cn1nnc(-c2ccccn2)c1C(=O)O. The van der Waals surface area contributed by atoms with Gasteiger partial charge in [-0.25, -0.2) is 9.48 Å². The second kappa shape index (κ2) is 4.92. The highest BCUT2D eigenvalue weighted by Gasteiger charge is 2.25. The van der Waals surface area contributed by atoms with Gasteiger partial charge < -0.3 is 5.11 Å². The highest BCUT2D eigenvalue weighted by molar-refractivity contribution is 6.74. The lowest BCUT2D eigenvalue weighted by atomic mass is 10.2. The Labute approximate surface area is 112 Å². The van der Waals surface area contributed by atoms with E-state index in [1.165, 1.54) is 4.68 Å². The molecule has 0 aliphatic carbocycles. The lowest BCUT2D eigenvalue weighted by Gasteiger charge is -2.15. The van der Waals surface area contributed by atoms with Crippen LogP contribution < -0.4 is 0 Å². The van der Waals surface area contributed by atoms with Crippen molar-refractivity contribution < 1.29 is 9.90 Å². The van der Waals surface area contributed by atoms with Gasteiger partial charge in [-0.15, -0.1) is 5.10 Å². The summed E-state index contributed by atoms with van der Waals surface area (Å²) in [6.45, 7) is 6.46. The van der Waals surface area contributed by atoms with E-state index in [-0.39, 0.29) is 5.69 Å².